The number of alkyl halides is 4. The number of aliphatic imine (C=N–C) groups is 1. The maximum Gasteiger partial charge on any atom is 0.281 e. The molecule has 1 amide bonds. The Kier molecular flexibility index (Phi) is 5.15. The SMILES string of the molecule is C[C@]1(F)C[C@]2(F)COC[C@]2(c2cc(NC(=O)c3cnc(C(F)F)cn3)ccc2F)N=C1N. The van der Waals surface area contributed by atoms with Gasteiger partial charge in [-0.1, -0.05) is 0 Å². The lowest BCUT2D eigenvalue weighted by Crippen LogP contribution is -2.58. The van der Waals surface area contributed by atoms with Gasteiger partial charge in [0.05, 0.1) is 25.6 Å². The molecule has 7 nitrogen and oxygen atoms in total. The van der Waals surface area contributed by atoms with E-state index in [1.165, 1.54) is 6.07 Å². The third-order valence-corrected chi connectivity index (χ3v) is 5.64. The molecular formula is C20H18F5N5O2. The number of amidine groups is 1. The summed E-state index contributed by atoms with van der Waals surface area (Å²) in [6.45, 7) is 0.198. The van der Waals surface area contributed by atoms with Crippen molar-refractivity contribution in [3.05, 3.63) is 53.4 Å². The van der Waals surface area contributed by atoms with Gasteiger partial charge in [0.1, 0.15) is 23.0 Å². The lowest BCUT2D eigenvalue weighted by Gasteiger charge is -2.43. The summed E-state index contributed by atoms with van der Waals surface area (Å²) in [6, 6.07) is 3.34. The van der Waals surface area contributed by atoms with Crippen molar-refractivity contribution in [2.75, 3.05) is 18.5 Å². The van der Waals surface area contributed by atoms with Crippen LogP contribution in [0.15, 0.2) is 35.6 Å². The van der Waals surface area contributed by atoms with Crippen LogP contribution in [0.1, 0.15) is 41.5 Å². The van der Waals surface area contributed by atoms with E-state index in [0.717, 1.165) is 31.5 Å². The highest BCUT2D eigenvalue weighted by Crippen LogP contribution is 2.53. The van der Waals surface area contributed by atoms with Gasteiger partial charge in [0, 0.05) is 17.7 Å². The van der Waals surface area contributed by atoms with Gasteiger partial charge in [-0.15, -0.1) is 0 Å². The van der Waals surface area contributed by atoms with Crippen molar-refractivity contribution >= 4 is 17.4 Å². The van der Waals surface area contributed by atoms with E-state index in [9.17, 15) is 22.4 Å². The molecule has 170 valence electrons. The van der Waals surface area contributed by atoms with Crippen molar-refractivity contribution in [3.8, 4) is 0 Å². The third-order valence-electron chi connectivity index (χ3n) is 5.64. The highest BCUT2D eigenvalue weighted by atomic mass is 19.3. The van der Waals surface area contributed by atoms with Crippen LogP contribution in [0.25, 0.3) is 0 Å². The Bertz CT molecular complexity index is 1090. The molecule has 0 radical (unpaired) electrons. The number of hydrogen-bond acceptors (Lipinski definition) is 6. The second-order valence-electron chi connectivity index (χ2n) is 7.97. The molecule has 3 N–H and O–H groups in total. The van der Waals surface area contributed by atoms with E-state index in [2.05, 4.69) is 20.3 Å². The van der Waals surface area contributed by atoms with Crippen LogP contribution < -0.4 is 11.1 Å². The molecular weight excluding hydrogens is 437 g/mol. The normalized spacial score (nSPS) is 29.5. The van der Waals surface area contributed by atoms with Crippen LogP contribution in [0.4, 0.5) is 27.6 Å². The average Bonchev–Trinajstić information content (AvgIpc) is 3.05. The molecule has 2 aromatic rings. The first kappa shape index (κ1) is 22.1. The molecule has 1 aromatic heterocycles. The molecule has 3 atom stereocenters. The Morgan fingerprint density at radius 1 is 1.22 bits per heavy atom. The van der Waals surface area contributed by atoms with E-state index >= 15 is 4.39 Å². The number of halogens is 5. The van der Waals surface area contributed by atoms with Gasteiger partial charge in [0.15, 0.2) is 16.9 Å². The Morgan fingerprint density at radius 3 is 2.62 bits per heavy atom. The largest absolute Gasteiger partial charge is 0.385 e. The zero-order chi connectivity index (χ0) is 23.3. The van der Waals surface area contributed by atoms with Gasteiger partial charge >= 0.3 is 0 Å². The van der Waals surface area contributed by atoms with Crippen molar-refractivity contribution in [2.45, 2.75) is 36.6 Å². The van der Waals surface area contributed by atoms with Gasteiger partial charge in [0.25, 0.3) is 12.3 Å². The summed E-state index contributed by atoms with van der Waals surface area (Å²) < 4.78 is 75.8. The minimum atomic E-state index is -2.84. The van der Waals surface area contributed by atoms with E-state index in [4.69, 9.17) is 10.5 Å². The summed E-state index contributed by atoms with van der Waals surface area (Å²) >= 11 is 0. The standard InChI is InChI=1S/C20H18F5N5O2/c1-18(24)7-19(25)8-32-9-20(19,30-17(18)26)11-4-10(2-3-12(11)21)29-16(31)14-6-27-13(5-28-14)15(22)23/h2-6,15H,7-9H2,1H3,(H2,26,30)(H,29,31)/t18-,19-,20+/m0/s1. The molecule has 3 heterocycles. The monoisotopic (exact) mass is 455 g/mol. The summed E-state index contributed by atoms with van der Waals surface area (Å²) in [5, 5.41) is 2.42. The maximum atomic E-state index is 15.8. The Balaban J connectivity index is 1.69. The summed E-state index contributed by atoms with van der Waals surface area (Å²) in [6.07, 6.45) is -1.90. The fourth-order valence-corrected chi connectivity index (χ4v) is 3.94. The molecule has 0 unspecified atom stereocenters. The number of nitrogens with one attached hydrogen (secondary N) is 1. The molecule has 0 bridgehead atoms. The molecule has 0 aliphatic carbocycles. The van der Waals surface area contributed by atoms with Gasteiger partial charge in [-0.25, -0.2) is 26.9 Å². The summed E-state index contributed by atoms with van der Waals surface area (Å²) in [5.41, 5.74) is -1.93. The van der Waals surface area contributed by atoms with E-state index in [1.54, 1.807) is 0 Å². The predicted molar refractivity (Wildman–Crippen MR) is 103 cm³/mol. The number of rotatable bonds is 4. The van der Waals surface area contributed by atoms with Gasteiger partial charge in [-0.2, -0.15) is 0 Å². The molecule has 32 heavy (non-hydrogen) atoms. The van der Waals surface area contributed by atoms with Crippen LogP contribution in [0.5, 0.6) is 0 Å². The highest BCUT2D eigenvalue weighted by molar-refractivity contribution is 6.02. The number of hydrogen-bond donors (Lipinski definition) is 2. The number of carbonyl (C=O) groups excluding carboxylic acids is 1. The number of anilines is 1. The second-order valence-corrected chi connectivity index (χ2v) is 7.97. The van der Waals surface area contributed by atoms with E-state index in [1.807, 2.05) is 0 Å². The van der Waals surface area contributed by atoms with Crippen molar-refractivity contribution in [1.29, 1.82) is 0 Å². The molecule has 12 heteroatoms. The molecule has 4 rings (SSSR count). The zero-order valence-electron chi connectivity index (χ0n) is 16.7. The number of carbonyl (C=O) groups is 1. The number of ether oxygens (including phenoxy) is 1. The van der Waals surface area contributed by atoms with Crippen molar-refractivity contribution in [3.63, 3.8) is 0 Å². The zero-order valence-corrected chi connectivity index (χ0v) is 16.7. The molecule has 0 saturated carbocycles. The van der Waals surface area contributed by atoms with E-state index in [-0.39, 0.29) is 23.6 Å². The van der Waals surface area contributed by atoms with Gasteiger partial charge in [-0.05, 0) is 25.1 Å². The average molecular weight is 455 g/mol. The van der Waals surface area contributed by atoms with Gasteiger partial charge in [0.2, 0.25) is 0 Å². The third kappa shape index (κ3) is 3.48. The lowest BCUT2D eigenvalue weighted by molar-refractivity contribution is 0.0234. The fraction of sp³-hybridized carbons (Fsp3) is 0.400. The van der Waals surface area contributed by atoms with Gasteiger partial charge in [-0.3, -0.25) is 14.8 Å². The van der Waals surface area contributed by atoms with Crippen LogP contribution in [0.2, 0.25) is 0 Å². The number of nitrogens with zero attached hydrogens (tertiary/aromatic N) is 3. The van der Waals surface area contributed by atoms with Crippen molar-refractivity contribution < 1.29 is 31.5 Å². The molecule has 0 spiro atoms. The first-order valence-electron chi connectivity index (χ1n) is 9.50. The second kappa shape index (κ2) is 7.47. The van der Waals surface area contributed by atoms with Gasteiger partial charge < -0.3 is 15.8 Å². The van der Waals surface area contributed by atoms with Crippen molar-refractivity contribution in [1.82, 2.24) is 9.97 Å². The summed E-state index contributed by atoms with van der Waals surface area (Å²) in [7, 11) is 0. The first-order chi connectivity index (χ1) is 15.0. The molecule has 2 aliphatic rings. The Hall–Kier alpha value is -3.15. The quantitative estimate of drug-likeness (QED) is 0.690. The van der Waals surface area contributed by atoms with Crippen LogP contribution in [0.3, 0.4) is 0 Å². The summed E-state index contributed by atoms with van der Waals surface area (Å²) in [4.78, 5) is 23.5. The molecule has 1 saturated heterocycles. The molecule has 2 aliphatic heterocycles. The number of aromatic nitrogens is 2. The number of nitrogens with two attached hydrogens (primary N) is 1. The van der Waals surface area contributed by atoms with Crippen LogP contribution >= 0.6 is 0 Å². The summed E-state index contributed by atoms with van der Waals surface area (Å²) in [5.74, 6) is -2.15. The first-order valence-corrected chi connectivity index (χ1v) is 9.50. The smallest absolute Gasteiger partial charge is 0.281 e. The van der Waals surface area contributed by atoms with E-state index in [0.29, 0.717) is 0 Å². The minimum Gasteiger partial charge on any atom is -0.385 e. The topological polar surface area (TPSA) is 102 Å². The van der Waals surface area contributed by atoms with E-state index < -0.39 is 59.6 Å². The molecule has 1 fully saturated rings. The highest BCUT2D eigenvalue weighted by Gasteiger charge is 2.65. The Morgan fingerprint density at radius 2 is 1.97 bits per heavy atom. The number of benzene rings is 1. The minimum absolute atomic E-state index is 0.0390. The predicted octanol–water partition coefficient (Wildman–Crippen LogP) is 3.23. The fourth-order valence-electron chi connectivity index (χ4n) is 3.94. The van der Waals surface area contributed by atoms with Crippen LogP contribution in [-0.2, 0) is 10.3 Å². The molecule has 1 aromatic carbocycles. The number of amides is 1. The number of fused-ring (bicyclic) bond motifs is 1. The maximum absolute atomic E-state index is 15.8. The Labute approximate surface area is 178 Å². The lowest BCUT2D eigenvalue weighted by atomic mass is 9.70. The van der Waals surface area contributed by atoms with Crippen LogP contribution in [-0.4, -0.2) is 46.3 Å². The van der Waals surface area contributed by atoms with Crippen molar-refractivity contribution in [2.24, 2.45) is 10.7 Å². The van der Waals surface area contributed by atoms with Crippen LogP contribution in [0, 0.1) is 5.82 Å².